The van der Waals surface area contributed by atoms with Crippen molar-refractivity contribution >= 4 is 17.5 Å². The molecule has 13 heavy (non-hydrogen) atoms. The molecule has 0 heterocycles. The molecule has 0 saturated heterocycles. The van der Waals surface area contributed by atoms with Gasteiger partial charge in [0, 0.05) is 12.2 Å². The summed E-state index contributed by atoms with van der Waals surface area (Å²) in [4.78, 5) is 13.3. The van der Waals surface area contributed by atoms with Gasteiger partial charge in [0.1, 0.15) is 5.88 Å². The van der Waals surface area contributed by atoms with Crippen LogP contribution in [0.3, 0.4) is 0 Å². The van der Waals surface area contributed by atoms with Gasteiger partial charge in [-0.1, -0.05) is 13.0 Å². The van der Waals surface area contributed by atoms with Crippen LogP contribution in [0.15, 0.2) is 11.8 Å². The van der Waals surface area contributed by atoms with Crippen LogP contribution in [0.2, 0.25) is 0 Å². The first kappa shape index (κ1) is 10.6. The Labute approximate surface area is 84.6 Å². The van der Waals surface area contributed by atoms with Gasteiger partial charge in [-0.15, -0.1) is 11.6 Å². The van der Waals surface area contributed by atoms with Gasteiger partial charge in [-0.2, -0.15) is 0 Å². The van der Waals surface area contributed by atoms with E-state index < -0.39 is 0 Å². The van der Waals surface area contributed by atoms with Gasteiger partial charge >= 0.3 is 0 Å². The molecular weight excluding hydrogens is 186 g/mol. The zero-order valence-corrected chi connectivity index (χ0v) is 8.81. The van der Waals surface area contributed by atoms with Crippen LogP contribution >= 0.6 is 11.6 Å². The highest BCUT2D eigenvalue weighted by Gasteiger charge is 2.17. The summed E-state index contributed by atoms with van der Waals surface area (Å²) in [6.45, 7) is 2.88. The molecule has 0 fully saturated rings. The molecule has 0 unspecified atom stereocenters. The summed E-state index contributed by atoms with van der Waals surface area (Å²) in [6.07, 6.45) is 6.44. The van der Waals surface area contributed by atoms with Crippen molar-refractivity contribution in [2.24, 2.45) is 0 Å². The molecule has 0 bridgehead atoms. The minimum atomic E-state index is 0.0386. The predicted molar refractivity (Wildman–Crippen MR) is 54.7 cm³/mol. The molecule has 1 amide bonds. The maximum Gasteiger partial charge on any atom is 0.241 e. The summed E-state index contributed by atoms with van der Waals surface area (Å²) in [7, 11) is 0. The fourth-order valence-corrected chi connectivity index (χ4v) is 1.77. The lowest BCUT2D eigenvalue weighted by Crippen LogP contribution is -2.31. The number of halogens is 1. The number of allylic oxidation sites excluding steroid dienone is 2. The van der Waals surface area contributed by atoms with Crippen LogP contribution in [-0.2, 0) is 4.79 Å². The summed E-state index contributed by atoms with van der Waals surface area (Å²) in [5.41, 5.74) is 1.17. The molecule has 1 rings (SSSR count). The van der Waals surface area contributed by atoms with Crippen molar-refractivity contribution in [1.82, 2.24) is 4.90 Å². The van der Waals surface area contributed by atoms with Crippen molar-refractivity contribution in [2.75, 3.05) is 12.4 Å². The van der Waals surface area contributed by atoms with Crippen molar-refractivity contribution in [1.29, 1.82) is 0 Å². The normalized spacial score (nSPS) is 15.7. The van der Waals surface area contributed by atoms with Crippen molar-refractivity contribution in [3.63, 3.8) is 0 Å². The van der Waals surface area contributed by atoms with E-state index in [9.17, 15) is 4.79 Å². The molecule has 0 atom stereocenters. The van der Waals surface area contributed by atoms with Crippen molar-refractivity contribution in [3.05, 3.63) is 11.8 Å². The smallest absolute Gasteiger partial charge is 0.241 e. The molecule has 3 heteroatoms. The molecule has 0 saturated carbocycles. The van der Waals surface area contributed by atoms with Gasteiger partial charge in [0.05, 0.1) is 0 Å². The summed E-state index contributed by atoms with van der Waals surface area (Å²) in [5.74, 6) is 0.133. The highest BCUT2D eigenvalue weighted by molar-refractivity contribution is 6.27. The number of alkyl halides is 1. The standard InChI is InChI=1S/C10H16ClNO/c1-2-7-12(10(13)8-11)9-5-3-4-6-9/h5H,2-4,6-8H2,1H3. The number of rotatable bonds is 4. The summed E-state index contributed by atoms with van der Waals surface area (Å²) >= 11 is 5.54. The van der Waals surface area contributed by atoms with E-state index in [1.165, 1.54) is 12.1 Å². The number of hydrogen-bond acceptors (Lipinski definition) is 1. The lowest BCUT2D eigenvalue weighted by atomic mass is 10.3. The van der Waals surface area contributed by atoms with Crippen LogP contribution in [0, 0.1) is 0 Å². The Morgan fingerprint density at radius 2 is 2.46 bits per heavy atom. The number of carbonyl (C=O) groups excluding carboxylic acids is 1. The fourth-order valence-electron chi connectivity index (χ4n) is 1.62. The monoisotopic (exact) mass is 201 g/mol. The summed E-state index contributed by atoms with van der Waals surface area (Å²) in [5, 5.41) is 0. The van der Waals surface area contributed by atoms with E-state index in [0.29, 0.717) is 0 Å². The second-order valence-electron chi connectivity index (χ2n) is 3.27. The number of nitrogens with zero attached hydrogens (tertiary/aromatic N) is 1. The molecule has 1 aliphatic rings. The third-order valence-electron chi connectivity index (χ3n) is 2.23. The Bertz CT molecular complexity index is 213. The molecule has 0 aromatic carbocycles. The third-order valence-corrected chi connectivity index (χ3v) is 2.45. The molecule has 0 N–H and O–H groups in total. The van der Waals surface area contributed by atoms with Gasteiger partial charge in [0.25, 0.3) is 0 Å². The molecule has 74 valence electrons. The number of carbonyl (C=O) groups is 1. The zero-order chi connectivity index (χ0) is 9.68. The average molecular weight is 202 g/mol. The van der Waals surface area contributed by atoms with Crippen LogP contribution < -0.4 is 0 Å². The minimum absolute atomic E-state index is 0.0386. The van der Waals surface area contributed by atoms with Gasteiger partial charge < -0.3 is 4.90 Å². The summed E-state index contributed by atoms with van der Waals surface area (Å²) in [6, 6.07) is 0. The van der Waals surface area contributed by atoms with E-state index in [2.05, 4.69) is 13.0 Å². The number of amides is 1. The van der Waals surface area contributed by atoms with E-state index in [1.54, 1.807) is 0 Å². The first-order valence-electron chi connectivity index (χ1n) is 4.85. The molecule has 0 radical (unpaired) electrons. The lowest BCUT2D eigenvalue weighted by Gasteiger charge is -2.22. The molecule has 2 nitrogen and oxygen atoms in total. The molecule has 0 aromatic rings. The minimum Gasteiger partial charge on any atom is -0.316 e. The molecule has 1 aliphatic carbocycles. The first-order chi connectivity index (χ1) is 6.29. The topological polar surface area (TPSA) is 20.3 Å². The second-order valence-corrected chi connectivity index (χ2v) is 3.53. The average Bonchev–Trinajstić information content (AvgIpc) is 2.65. The van der Waals surface area contributed by atoms with E-state index in [1.807, 2.05) is 4.90 Å². The highest BCUT2D eigenvalue weighted by atomic mass is 35.5. The fraction of sp³-hybridized carbons (Fsp3) is 0.700. The maximum atomic E-state index is 11.4. The van der Waals surface area contributed by atoms with E-state index in [4.69, 9.17) is 11.6 Å². The van der Waals surface area contributed by atoms with Gasteiger partial charge in [-0.3, -0.25) is 4.79 Å². The van der Waals surface area contributed by atoms with E-state index >= 15 is 0 Å². The summed E-state index contributed by atoms with van der Waals surface area (Å²) < 4.78 is 0. The van der Waals surface area contributed by atoms with Crippen LogP contribution in [0.1, 0.15) is 32.6 Å². The van der Waals surface area contributed by atoms with E-state index in [0.717, 1.165) is 25.8 Å². The molecule has 0 spiro atoms. The first-order valence-corrected chi connectivity index (χ1v) is 5.38. The van der Waals surface area contributed by atoms with E-state index in [-0.39, 0.29) is 11.8 Å². The van der Waals surface area contributed by atoms with Crippen molar-refractivity contribution < 1.29 is 4.79 Å². The highest BCUT2D eigenvalue weighted by Crippen LogP contribution is 2.21. The Morgan fingerprint density at radius 3 is 2.92 bits per heavy atom. The zero-order valence-electron chi connectivity index (χ0n) is 8.05. The third kappa shape index (κ3) is 2.73. The molecular formula is C10H16ClNO. The van der Waals surface area contributed by atoms with Crippen molar-refractivity contribution in [3.8, 4) is 0 Å². The van der Waals surface area contributed by atoms with Gasteiger partial charge in [0.15, 0.2) is 0 Å². The van der Waals surface area contributed by atoms with Gasteiger partial charge in [0.2, 0.25) is 5.91 Å². The largest absolute Gasteiger partial charge is 0.316 e. The van der Waals surface area contributed by atoms with Crippen molar-refractivity contribution in [2.45, 2.75) is 32.6 Å². The molecule has 0 aliphatic heterocycles. The van der Waals surface area contributed by atoms with Gasteiger partial charge in [-0.25, -0.2) is 0 Å². The number of hydrogen-bond donors (Lipinski definition) is 0. The predicted octanol–water partition coefficient (Wildman–Crippen LogP) is 2.53. The Hall–Kier alpha value is -0.500. The van der Waals surface area contributed by atoms with Crippen LogP contribution in [0.5, 0.6) is 0 Å². The lowest BCUT2D eigenvalue weighted by molar-refractivity contribution is -0.126. The SMILES string of the molecule is CCCN(C(=O)CCl)C1=CCCC1. The maximum absolute atomic E-state index is 11.4. The second kappa shape index (κ2) is 5.28. The van der Waals surface area contributed by atoms with Crippen LogP contribution in [-0.4, -0.2) is 23.2 Å². The Balaban J connectivity index is 2.60. The van der Waals surface area contributed by atoms with Gasteiger partial charge in [-0.05, 0) is 25.7 Å². The Morgan fingerprint density at radius 1 is 1.69 bits per heavy atom. The molecule has 0 aromatic heterocycles. The quantitative estimate of drug-likeness (QED) is 0.641. The van der Waals surface area contributed by atoms with Crippen LogP contribution in [0.25, 0.3) is 0 Å². The van der Waals surface area contributed by atoms with Crippen LogP contribution in [0.4, 0.5) is 0 Å². The Kier molecular flexibility index (Phi) is 4.29.